The molecule has 2 aromatic rings. The molecule has 1 N–H and O–H groups in total. The van der Waals surface area contributed by atoms with Gasteiger partial charge in [0.1, 0.15) is 0 Å². The predicted octanol–water partition coefficient (Wildman–Crippen LogP) is 3.47. The molecule has 12 heteroatoms. The summed E-state index contributed by atoms with van der Waals surface area (Å²) in [7, 11) is 0. The molecule has 2 rings (SSSR count). The Balaban J connectivity index is 1.89. The Hall–Kier alpha value is -3.54. The number of hydrogen-bond donors (Lipinski definition) is 1. The van der Waals surface area contributed by atoms with Gasteiger partial charge in [-0.2, -0.15) is 13.2 Å². The number of benzene rings is 2. The van der Waals surface area contributed by atoms with Crippen LogP contribution in [-0.4, -0.2) is 28.9 Å². The van der Waals surface area contributed by atoms with E-state index in [0.717, 1.165) is 30.3 Å². The number of amides is 1. The minimum Gasteiger partial charge on any atom is -0.375 e. The van der Waals surface area contributed by atoms with Crippen molar-refractivity contribution >= 4 is 17.3 Å². The molecule has 0 aliphatic heterocycles. The van der Waals surface area contributed by atoms with Crippen LogP contribution < -0.4 is 5.32 Å². The van der Waals surface area contributed by atoms with E-state index < -0.39 is 38.9 Å². The maximum Gasteiger partial charge on any atom is 0.416 e. The highest BCUT2D eigenvalue weighted by Crippen LogP contribution is 2.29. The molecule has 29 heavy (non-hydrogen) atoms. The fourth-order valence-electron chi connectivity index (χ4n) is 2.30. The first kappa shape index (κ1) is 21.8. The summed E-state index contributed by atoms with van der Waals surface area (Å²) in [5, 5.41) is 24.0. The Bertz CT molecular complexity index is 901. The number of hydrogen-bond acceptors (Lipinski definition) is 6. The highest BCUT2D eigenvalue weighted by molar-refractivity contribution is 5.95. The van der Waals surface area contributed by atoms with Crippen LogP contribution in [0.4, 0.5) is 24.5 Å². The third kappa shape index (κ3) is 6.24. The van der Waals surface area contributed by atoms with Crippen LogP contribution in [0, 0.1) is 20.2 Å². The molecule has 0 fully saturated rings. The molecule has 0 aliphatic rings. The normalized spacial score (nSPS) is 11.1. The van der Waals surface area contributed by atoms with Crippen molar-refractivity contribution in [2.75, 3.05) is 13.2 Å². The minimum absolute atomic E-state index is 0.0565. The first-order chi connectivity index (χ1) is 13.6. The van der Waals surface area contributed by atoms with Gasteiger partial charge in [-0.25, -0.2) is 0 Å². The van der Waals surface area contributed by atoms with E-state index in [2.05, 4.69) is 5.32 Å². The van der Waals surface area contributed by atoms with Crippen LogP contribution >= 0.6 is 0 Å². The van der Waals surface area contributed by atoms with Crippen molar-refractivity contribution in [3.05, 3.63) is 79.4 Å². The molecule has 9 nitrogen and oxygen atoms in total. The highest BCUT2D eigenvalue weighted by atomic mass is 19.4. The van der Waals surface area contributed by atoms with Crippen molar-refractivity contribution in [1.82, 2.24) is 5.32 Å². The smallest absolute Gasteiger partial charge is 0.375 e. The van der Waals surface area contributed by atoms with Gasteiger partial charge >= 0.3 is 6.18 Å². The van der Waals surface area contributed by atoms with E-state index in [0.29, 0.717) is 5.56 Å². The number of nitrogens with one attached hydrogen (secondary N) is 1. The van der Waals surface area contributed by atoms with E-state index in [1.807, 2.05) is 0 Å². The number of alkyl halides is 3. The molecule has 2 aromatic carbocycles. The van der Waals surface area contributed by atoms with Crippen molar-refractivity contribution in [3.8, 4) is 0 Å². The molecule has 0 atom stereocenters. The zero-order chi connectivity index (χ0) is 21.6. The third-order valence-corrected chi connectivity index (χ3v) is 3.64. The summed E-state index contributed by atoms with van der Waals surface area (Å²) < 4.78 is 43.1. The molecule has 0 spiro atoms. The van der Waals surface area contributed by atoms with Gasteiger partial charge in [-0.3, -0.25) is 25.0 Å². The fraction of sp³-hybridized carbons (Fsp3) is 0.235. The number of rotatable bonds is 8. The summed E-state index contributed by atoms with van der Waals surface area (Å²) >= 11 is 0. The van der Waals surface area contributed by atoms with Crippen LogP contribution in [0.1, 0.15) is 21.5 Å². The van der Waals surface area contributed by atoms with E-state index in [-0.39, 0.29) is 25.3 Å². The Kier molecular flexibility index (Phi) is 6.83. The summed E-state index contributed by atoms with van der Waals surface area (Å²) in [5.41, 5.74) is -2.00. The number of nitro benzene ring substituents is 2. The lowest BCUT2D eigenvalue weighted by molar-refractivity contribution is -0.394. The summed E-state index contributed by atoms with van der Waals surface area (Å²) in [6.07, 6.45) is -4.47. The molecule has 0 heterocycles. The van der Waals surface area contributed by atoms with Gasteiger partial charge < -0.3 is 10.1 Å². The SMILES string of the molecule is O=C(NCCOCc1cccc(C(F)(F)F)c1)c1cc([N+](=O)[O-])cc([N+](=O)[O-])c1. The fourth-order valence-corrected chi connectivity index (χ4v) is 2.30. The maximum absolute atomic E-state index is 12.6. The average molecular weight is 413 g/mol. The van der Waals surface area contributed by atoms with Crippen molar-refractivity contribution in [2.24, 2.45) is 0 Å². The second-order valence-electron chi connectivity index (χ2n) is 5.76. The highest BCUT2D eigenvalue weighted by Gasteiger charge is 2.30. The van der Waals surface area contributed by atoms with Gasteiger partial charge in [-0.15, -0.1) is 0 Å². The Labute approximate surface area is 161 Å². The molecule has 1 amide bonds. The zero-order valence-electron chi connectivity index (χ0n) is 14.6. The molecular formula is C17H14F3N3O6. The van der Waals surface area contributed by atoms with Crippen LogP contribution in [0.5, 0.6) is 0 Å². The van der Waals surface area contributed by atoms with Gasteiger partial charge in [0, 0.05) is 18.7 Å². The topological polar surface area (TPSA) is 125 Å². The summed E-state index contributed by atoms with van der Waals surface area (Å²) in [6.45, 7) is -0.241. The van der Waals surface area contributed by atoms with Gasteiger partial charge in [-0.05, 0) is 17.7 Å². The van der Waals surface area contributed by atoms with Crippen LogP contribution in [0.2, 0.25) is 0 Å². The van der Waals surface area contributed by atoms with Crippen molar-refractivity contribution in [1.29, 1.82) is 0 Å². The maximum atomic E-state index is 12.6. The number of carbonyl (C=O) groups excluding carboxylic acids is 1. The molecule has 0 radical (unpaired) electrons. The van der Waals surface area contributed by atoms with E-state index >= 15 is 0 Å². The Morgan fingerprint density at radius 2 is 1.66 bits per heavy atom. The molecule has 0 bridgehead atoms. The standard InChI is InChI=1S/C17H14F3N3O6/c18-17(19,20)13-3-1-2-11(6-13)10-29-5-4-21-16(24)12-7-14(22(25)26)9-15(8-12)23(27)28/h1-3,6-9H,4-5,10H2,(H,21,24). The average Bonchev–Trinajstić information content (AvgIpc) is 2.66. The van der Waals surface area contributed by atoms with E-state index in [1.165, 1.54) is 12.1 Å². The van der Waals surface area contributed by atoms with E-state index in [1.54, 1.807) is 0 Å². The zero-order valence-corrected chi connectivity index (χ0v) is 14.6. The number of non-ortho nitro benzene ring substituents is 2. The van der Waals surface area contributed by atoms with Gasteiger partial charge in [0.25, 0.3) is 17.3 Å². The first-order valence-electron chi connectivity index (χ1n) is 8.04. The van der Waals surface area contributed by atoms with Gasteiger partial charge in [0.2, 0.25) is 0 Å². The number of nitrogens with zero attached hydrogens (tertiary/aromatic N) is 2. The van der Waals surface area contributed by atoms with Crippen molar-refractivity contribution in [2.45, 2.75) is 12.8 Å². The van der Waals surface area contributed by atoms with Crippen LogP contribution in [0.15, 0.2) is 42.5 Å². The number of carbonyl (C=O) groups is 1. The largest absolute Gasteiger partial charge is 0.416 e. The number of nitro groups is 2. The lowest BCUT2D eigenvalue weighted by atomic mass is 10.1. The van der Waals surface area contributed by atoms with Crippen molar-refractivity contribution < 1.29 is 32.5 Å². The molecule has 0 aliphatic carbocycles. The molecule has 0 saturated carbocycles. The van der Waals surface area contributed by atoms with Gasteiger partial charge in [-0.1, -0.05) is 12.1 Å². The first-order valence-corrected chi connectivity index (χ1v) is 8.04. The summed E-state index contributed by atoms with van der Waals surface area (Å²) in [5.74, 6) is -0.792. The Morgan fingerprint density at radius 1 is 1.03 bits per heavy atom. The van der Waals surface area contributed by atoms with Crippen molar-refractivity contribution in [3.63, 3.8) is 0 Å². The molecule has 0 unspecified atom stereocenters. The monoisotopic (exact) mass is 413 g/mol. The van der Waals surface area contributed by atoms with Crippen LogP contribution in [0.25, 0.3) is 0 Å². The lowest BCUT2D eigenvalue weighted by Gasteiger charge is -2.10. The summed E-state index contributed by atoms with van der Waals surface area (Å²) in [6, 6.07) is 7.10. The third-order valence-electron chi connectivity index (χ3n) is 3.64. The van der Waals surface area contributed by atoms with E-state index in [9.17, 15) is 38.2 Å². The predicted molar refractivity (Wildman–Crippen MR) is 93.2 cm³/mol. The summed E-state index contributed by atoms with van der Waals surface area (Å²) in [4.78, 5) is 32.0. The minimum atomic E-state index is -4.47. The van der Waals surface area contributed by atoms with Crippen LogP contribution in [-0.2, 0) is 17.5 Å². The quantitative estimate of drug-likeness (QED) is 0.401. The van der Waals surface area contributed by atoms with Gasteiger partial charge in [0.05, 0.1) is 40.3 Å². The second kappa shape index (κ2) is 9.10. The number of ether oxygens (including phenoxy) is 1. The molecule has 154 valence electrons. The van der Waals surface area contributed by atoms with Gasteiger partial charge in [0.15, 0.2) is 0 Å². The molecule has 0 saturated heterocycles. The lowest BCUT2D eigenvalue weighted by Crippen LogP contribution is -2.27. The molecular weight excluding hydrogens is 399 g/mol. The van der Waals surface area contributed by atoms with Crippen LogP contribution in [0.3, 0.4) is 0 Å². The Morgan fingerprint density at radius 3 is 2.21 bits per heavy atom. The second-order valence-corrected chi connectivity index (χ2v) is 5.76. The number of halogens is 3. The van der Waals surface area contributed by atoms with E-state index in [4.69, 9.17) is 4.74 Å². The molecule has 0 aromatic heterocycles.